The number of rotatable bonds is 7. The number of piperazine rings is 1. The number of halogens is 4. The number of hydrogen-bond donors (Lipinski definition) is 2. The summed E-state index contributed by atoms with van der Waals surface area (Å²) in [5.41, 5.74) is 1.21. The summed E-state index contributed by atoms with van der Waals surface area (Å²) >= 11 is 6.23. The minimum Gasteiger partial charge on any atom is -0.504 e. The van der Waals surface area contributed by atoms with Gasteiger partial charge in [0, 0.05) is 66.7 Å². The molecule has 3 aromatic heterocycles. The second-order valence-electron chi connectivity index (χ2n) is 16.7. The third-order valence-corrected chi connectivity index (χ3v) is 13.9. The van der Waals surface area contributed by atoms with Crippen LogP contribution in [0, 0.1) is 12.8 Å². The number of aromatic hydroxyl groups is 1. The number of amides is 2. The number of anilines is 2. The quantitative estimate of drug-likeness (QED) is 0.233. The van der Waals surface area contributed by atoms with Crippen molar-refractivity contribution in [1.29, 1.82) is 0 Å². The van der Waals surface area contributed by atoms with Crippen LogP contribution in [0.15, 0.2) is 53.6 Å². The van der Waals surface area contributed by atoms with E-state index >= 15 is 0 Å². The zero-order valence-corrected chi connectivity index (χ0v) is 33.9. The lowest BCUT2D eigenvalue weighted by Crippen LogP contribution is -2.63. The predicted molar refractivity (Wildman–Crippen MR) is 217 cm³/mol. The highest BCUT2D eigenvalue weighted by atomic mass is 35.5. The SMILES string of the molecule is Cc1ncnc(C(=O)N2CC[C@@]3(CCc4c3c(=O)n3nc(-c5ccc(N6CCN(C7COC7)CC6)cc5)nc3n4CC(=O)Nc3ccc(C(F)(F)F)cc3Cl)[C@@H]3CC[C@@H]32)c1O. The van der Waals surface area contributed by atoms with E-state index < -0.39 is 29.0 Å². The first-order valence-corrected chi connectivity index (χ1v) is 20.9. The average molecular weight is 859 g/mol. The summed E-state index contributed by atoms with van der Waals surface area (Å²) in [4.78, 5) is 62.0. The van der Waals surface area contributed by atoms with Crippen LogP contribution < -0.4 is 15.8 Å². The molecule has 3 atom stereocenters. The standard InChI is InChI=1S/C42H42ClF3N10O5/c1-23-36(58)35(48-22-47-23)39(60)54-13-12-41(28-7-9-31(28)54)11-10-32-34(41)38(59)56-40(55(32)19-33(57)49-30-8-4-25(18-29(30)43)42(44,45)46)50-37(51-56)24-2-5-26(6-3-24)52-14-16-53(17-15-52)27-20-61-21-27/h2-6,8,18,22,27-28,31,58H,7,9-17,19-21H2,1H3,(H,49,57)/t28-,31+,41+/m1/s1. The van der Waals surface area contributed by atoms with Crippen molar-refractivity contribution < 1.29 is 32.6 Å². The van der Waals surface area contributed by atoms with E-state index in [0.29, 0.717) is 60.8 Å². The van der Waals surface area contributed by atoms with Crippen molar-refractivity contribution in [2.45, 2.75) is 69.2 Å². The highest BCUT2D eigenvalue weighted by Crippen LogP contribution is 2.57. The number of alkyl halides is 3. The highest BCUT2D eigenvalue weighted by Gasteiger charge is 2.59. The first-order chi connectivity index (χ1) is 29.3. The van der Waals surface area contributed by atoms with Crippen molar-refractivity contribution in [2.24, 2.45) is 5.92 Å². The van der Waals surface area contributed by atoms with Gasteiger partial charge < -0.3 is 29.5 Å². The van der Waals surface area contributed by atoms with Gasteiger partial charge in [0.05, 0.1) is 41.2 Å². The maximum absolute atomic E-state index is 14.9. The van der Waals surface area contributed by atoms with E-state index in [2.05, 4.69) is 25.1 Å². The molecular weight excluding hydrogens is 817 g/mol. The van der Waals surface area contributed by atoms with E-state index in [1.165, 1.54) is 10.8 Å². The van der Waals surface area contributed by atoms with Gasteiger partial charge in [0.1, 0.15) is 12.9 Å². The largest absolute Gasteiger partial charge is 0.504 e. The van der Waals surface area contributed by atoms with Crippen molar-refractivity contribution in [1.82, 2.24) is 38.9 Å². The fourth-order valence-electron chi connectivity index (χ4n) is 10.1. The molecule has 3 saturated heterocycles. The lowest BCUT2D eigenvalue weighted by molar-refractivity contribution is -0.137. The molecule has 5 aliphatic rings. The Bertz CT molecular complexity index is 2640. The first kappa shape index (κ1) is 39.5. The molecule has 61 heavy (non-hydrogen) atoms. The number of benzene rings is 2. The highest BCUT2D eigenvalue weighted by molar-refractivity contribution is 6.33. The lowest BCUT2D eigenvalue weighted by atomic mass is 9.56. The van der Waals surface area contributed by atoms with Gasteiger partial charge >= 0.3 is 6.18 Å². The summed E-state index contributed by atoms with van der Waals surface area (Å²) in [6, 6.07) is 10.9. The molecule has 15 nitrogen and oxygen atoms in total. The number of carbonyl (C=O) groups excluding carboxylic acids is 2. The topological polar surface area (TPSA) is 163 Å². The number of piperidine rings is 1. The second kappa shape index (κ2) is 14.8. The van der Waals surface area contributed by atoms with E-state index in [-0.39, 0.29) is 57.8 Å². The number of aryl methyl sites for hydroxylation is 1. The van der Waals surface area contributed by atoms with Crippen LogP contribution in [0.5, 0.6) is 5.75 Å². The van der Waals surface area contributed by atoms with Gasteiger partial charge in [-0.05, 0) is 87.4 Å². The van der Waals surface area contributed by atoms with Crippen molar-refractivity contribution in [3.05, 3.63) is 92.4 Å². The molecule has 19 heteroatoms. The summed E-state index contributed by atoms with van der Waals surface area (Å²) in [5.74, 6) is -0.888. The Morgan fingerprint density at radius 2 is 1.79 bits per heavy atom. The zero-order valence-electron chi connectivity index (χ0n) is 33.2. The second-order valence-corrected chi connectivity index (χ2v) is 17.1. The molecule has 4 fully saturated rings. The van der Waals surface area contributed by atoms with E-state index in [4.69, 9.17) is 26.4 Å². The summed E-state index contributed by atoms with van der Waals surface area (Å²) in [7, 11) is 0. The van der Waals surface area contributed by atoms with Crippen molar-refractivity contribution in [3.8, 4) is 17.1 Å². The Labute approximate surface area is 352 Å². The smallest absolute Gasteiger partial charge is 0.416 e. The maximum atomic E-state index is 14.9. The number of carbonyl (C=O) groups is 2. The molecule has 2 aliphatic carbocycles. The average Bonchev–Trinajstić information content (AvgIpc) is 3.82. The van der Waals surface area contributed by atoms with Gasteiger partial charge in [-0.1, -0.05) is 11.6 Å². The molecule has 1 saturated carbocycles. The van der Waals surface area contributed by atoms with Crippen molar-refractivity contribution >= 4 is 40.6 Å². The van der Waals surface area contributed by atoms with Gasteiger partial charge in [-0.2, -0.15) is 22.7 Å². The maximum Gasteiger partial charge on any atom is 0.416 e. The van der Waals surface area contributed by atoms with Crippen LogP contribution in [0.2, 0.25) is 5.02 Å². The molecule has 5 aromatic rings. The number of nitrogens with zero attached hydrogens (tertiary/aromatic N) is 9. The van der Waals surface area contributed by atoms with Crippen LogP contribution in [0.4, 0.5) is 24.5 Å². The van der Waals surface area contributed by atoms with Gasteiger partial charge in [0.2, 0.25) is 11.7 Å². The molecule has 0 radical (unpaired) electrons. The molecule has 2 aromatic carbocycles. The van der Waals surface area contributed by atoms with Crippen LogP contribution in [0.25, 0.3) is 17.2 Å². The normalized spacial score (nSPS) is 22.8. The number of ether oxygens (including phenoxy) is 1. The minimum absolute atomic E-state index is 0.00447. The fraction of sp³-hybridized carbons (Fsp3) is 0.452. The van der Waals surface area contributed by atoms with Crippen LogP contribution in [-0.4, -0.2) is 114 Å². The van der Waals surface area contributed by atoms with Gasteiger partial charge in [-0.3, -0.25) is 19.3 Å². The van der Waals surface area contributed by atoms with Gasteiger partial charge in [0.25, 0.3) is 11.5 Å². The Morgan fingerprint density at radius 1 is 1.02 bits per heavy atom. The predicted octanol–water partition coefficient (Wildman–Crippen LogP) is 4.70. The third-order valence-electron chi connectivity index (χ3n) is 13.6. The third kappa shape index (κ3) is 6.61. The van der Waals surface area contributed by atoms with Crippen LogP contribution in [0.3, 0.4) is 0 Å². The van der Waals surface area contributed by atoms with Crippen LogP contribution in [-0.2, 0) is 34.1 Å². The monoisotopic (exact) mass is 858 g/mol. The molecule has 3 aliphatic heterocycles. The molecule has 1 spiro atoms. The molecule has 6 heterocycles. The summed E-state index contributed by atoms with van der Waals surface area (Å²) in [6.45, 7) is 6.80. The Balaban J connectivity index is 0.992. The summed E-state index contributed by atoms with van der Waals surface area (Å²) in [6.07, 6.45) is -0.408. The van der Waals surface area contributed by atoms with E-state index in [9.17, 15) is 32.7 Å². The summed E-state index contributed by atoms with van der Waals surface area (Å²) in [5, 5.41) is 17.8. The number of aromatic nitrogens is 6. The lowest BCUT2D eigenvalue weighted by Gasteiger charge is -2.57. The molecule has 10 rings (SSSR count). The van der Waals surface area contributed by atoms with Gasteiger partial charge in [0.15, 0.2) is 17.3 Å². The van der Waals surface area contributed by atoms with E-state index in [1.54, 1.807) is 16.4 Å². The number of fused-ring (bicyclic) bond motifs is 5. The van der Waals surface area contributed by atoms with E-state index in [1.807, 2.05) is 24.3 Å². The van der Waals surface area contributed by atoms with Crippen molar-refractivity contribution in [3.63, 3.8) is 0 Å². The molecule has 0 bridgehead atoms. The van der Waals surface area contributed by atoms with Crippen molar-refractivity contribution in [2.75, 3.05) is 56.2 Å². The number of nitrogens with one attached hydrogen (secondary N) is 1. The van der Waals surface area contributed by atoms with Gasteiger partial charge in [-0.15, -0.1) is 5.10 Å². The molecule has 318 valence electrons. The Morgan fingerprint density at radius 3 is 2.46 bits per heavy atom. The van der Waals surface area contributed by atoms with Gasteiger partial charge in [-0.25, -0.2) is 9.97 Å². The van der Waals surface area contributed by atoms with E-state index in [0.717, 1.165) is 69.7 Å². The molecule has 2 amide bonds. The minimum atomic E-state index is -4.61. The van der Waals surface area contributed by atoms with Crippen LogP contribution in [0.1, 0.15) is 58.7 Å². The molecule has 2 N–H and O–H groups in total. The molecular formula is C42H42ClF3N10O5. The first-order valence-electron chi connectivity index (χ1n) is 20.5. The fourth-order valence-corrected chi connectivity index (χ4v) is 10.4. The Hall–Kier alpha value is -5.59. The van der Waals surface area contributed by atoms with Crippen LogP contribution >= 0.6 is 11.6 Å². The number of hydrogen-bond acceptors (Lipinski definition) is 11. The zero-order chi connectivity index (χ0) is 42.4. The number of likely N-dealkylation sites (tertiary alicyclic amines) is 1. The molecule has 0 unspecified atom stereocenters. The Kier molecular flexibility index (Phi) is 9.59. The summed E-state index contributed by atoms with van der Waals surface area (Å²) < 4.78 is 48.5.